The first-order chi connectivity index (χ1) is 11.1. The normalized spacial score (nSPS) is 11.4. The van der Waals surface area contributed by atoms with Gasteiger partial charge in [0.15, 0.2) is 4.83 Å². The minimum atomic E-state index is -0.0650. The molecule has 5 heteroatoms. The quantitative estimate of drug-likeness (QED) is 0.566. The van der Waals surface area contributed by atoms with Crippen molar-refractivity contribution in [3.8, 4) is 0 Å². The van der Waals surface area contributed by atoms with Crippen LogP contribution in [-0.2, 0) is 6.54 Å². The second-order valence-electron chi connectivity index (χ2n) is 5.65. The van der Waals surface area contributed by atoms with Gasteiger partial charge in [0.25, 0.3) is 5.56 Å². The van der Waals surface area contributed by atoms with Crippen LogP contribution < -0.4 is 5.56 Å². The number of aryl methyl sites for hydroxylation is 2. The van der Waals surface area contributed by atoms with Crippen molar-refractivity contribution in [2.45, 2.75) is 20.4 Å². The number of fused-ring (bicyclic) bond motifs is 2. The topological polar surface area (TPSA) is 47.8 Å². The molecule has 2 aromatic heterocycles. The van der Waals surface area contributed by atoms with Crippen molar-refractivity contribution in [1.29, 1.82) is 0 Å². The van der Waals surface area contributed by atoms with Gasteiger partial charge in [-0.25, -0.2) is 4.68 Å². The maximum absolute atomic E-state index is 12.8. The monoisotopic (exact) mass is 321 g/mol. The zero-order valence-electron chi connectivity index (χ0n) is 12.9. The summed E-state index contributed by atoms with van der Waals surface area (Å²) in [6.07, 6.45) is 0. The third-order valence-corrected chi connectivity index (χ3v) is 5.35. The van der Waals surface area contributed by atoms with Gasteiger partial charge in [-0.1, -0.05) is 47.7 Å². The standard InChI is InChI=1S/C18H15N3OS/c1-11-12(2)23-17-16(11)18(22)21(20-19-17)10-14-8-5-7-13-6-3-4-9-15(13)14/h3-9H,10H2,1-2H3. The van der Waals surface area contributed by atoms with Crippen LogP contribution in [0.4, 0.5) is 0 Å². The van der Waals surface area contributed by atoms with Gasteiger partial charge in [0.05, 0.1) is 11.9 Å². The molecule has 0 amide bonds. The summed E-state index contributed by atoms with van der Waals surface area (Å²) in [5, 5.41) is 11.4. The van der Waals surface area contributed by atoms with Gasteiger partial charge in [-0.05, 0) is 35.7 Å². The van der Waals surface area contributed by atoms with Crippen LogP contribution >= 0.6 is 11.3 Å². The van der Waals surface area contributed by atoms with Crippen molar-refractivity contribution in [3.63, 3.8) is 0 Å². The first-order valence-corrected chi connectivity index (χ1v) is 8.27. The summed E-state index contributed by atoms with van der Waals surface area (Å²) in [4.78, 5) is 14.6. The Kier molecular flexibility index (Phi) is 3.23. The molecule has 114 valence electrons. The van der Waals surface area contributed by atoms with Gasteiger partial charge in [0.1, 0.15) is 0 Å². The molecule has 0 atom stereocenters. The van der Waals surface area contributed by atoms with Crippen LogP contribution in [0.3, 0.4) is 0 Å². The minimum Gasteiger partial charge on any atom is -0.267 e. The van der Waals surface area contributed by atoms with Crippen LogP contribution in [0.1, 0.15) is 16.0 Å². The highest BCUT2D eigenvalue weighted by atomic mass is 32.1. The summed E-state index contributed by atoms with van der Waals surface area (Å²) in [6, 6.07) is 14.3. The second kappa shape index (κ2) is 5.28. The molecular formula is C18H15N3OS. The first kappa shape index (κ1) is 14.1. The van der Waals surface area contributed by atoms with E-state index in [0.29, 0.717) is 11.9 Å². The van der Waals surface area contributed by atoms with Crippen LogP contribution in [0, 0.1) is 13.8 Å². The fourth-order valence-electron chi connectivity index (χ4n) is 2.89. The molecule has 0 aliphatic rings. The molecule has 0 unspecified atom stereocenters. The highest BCUT2D eigenvalue weighted by Gasteiger charge is 2.13. The Morgan fingerprint density at radius 2 is 1.87 bits per heavy atom. The van der Waals surface area contributed by atoms with Crippen molar-refractivity contribution < 1.29 is 0 Å². The van der Waals surface area contributed by atoms with E-state index in [1.807, 2.05) is 38.1 Å². The molecule has 4 aromatic rings. The summed E-state index contributed by atoms with van der Waals surface area (Å²) in [6.45, 7) is 4.41. The molecule has 0 bridgehead atoms. The number of hydrogen-bond acceptors (Lipinski definition) is 4. The average Bonchev–Trinajstić information content (AvgIpc) is 2.86. The van der Waals surface area contributed by atoms with E-state index < -0.39 is 0 Å². The van der Waals surface area contributed by atoms with Crippen LogP contribution in [0.2, 0.25) is 0 Å². The van der Waals surface area contributed by atoms with Crippen LogP contribution in [0.25, 0.3) is 21.0 Å². The molecule has 4 rings (SSSR count). The van der Waals surface area contributed by atoms with Gasteiger partial charge < -0.3 is 0 Å². The minimum absolute atomic E-state index is 0.0650. The maximum atomic E-state index is 12.8. The Balaban J connectivity index is 1.88. The van der Waals surface area contributed by atoms with E-state index in [9.17, 15) is 4.79 Å². The molecule has 23 heavy (non-hydrogen) atoms. The fourth-order valence-corrected chi connectivity index (χ4v) is 3.86. The lowest BCUT2D eigenvalue weighted by Gasteiger charge is -2.07. The second-order valence-corrected chi connectivity index (χ2v) is 6.86. The van der Waals surface area contributed by atoms with E-state index in [2.05, 4.69) is 28.5 Å². The summed E-state index contributed by atoms with van der Waals surface area (Å²) in [5.74, 6) is 0. The van der Waals surface area contributed by atoms with Crippen molar-refractivity contribution >= 4 is 32.3 Å². The largest absolute Gasteiger partial charge is 0.279 e. The predicted molar refractivity (Wildman–Crippen MR) is 94.2 cm³/mol. The zero-order valence-corrected chi connectivity index (χ0v) is 13.7. The van der Waals surface area contributed by atoms with Gasteiger partial charge in [-0.15, -0.1) is 16.4 Å². The van der Waals surface area contributed by atoms with Crippen LogP contribution in [-0.4, -0.2) is 15.0 Å². The number of aromatic nitrogens is 3. The Bertz CT molecular complexity index is 1090. The lowest BCUT2D eigenvalue weighted by molar-refractivity contribution is 0.604. The SMILES string of the molecule is Cc1sc2nnn(Cc3cccc4ccccc34)c(=O)c2c1C. The number of nitrogens with zero attached hydrogens (tertiary/aromatic N) is 3. The summed E-state index contributed by atoms with van der Waals surface area (Å²) >= 11 is 1.52. The lowest BCUT2D eigenvalue weighted by Crippen LogP contribution is -2.24. The molecule has 0 N–H and O–H groups in total. The fraction of sp³-hybridized carbons (Fsp3) is 0.167. The zero-order chi connectivity index (χ0) is 16.0. The Morgan fingerprint density at radius 3 is 2.74 bits per heavy atom. The number of benzene rings is 2. The van der Waals surface area contributed by atoms with Crippen molar-refractivity contribution in [2.24, 2.45) is 0 Å². The van der Waals surface area contributed by atoms with Crippen molar-refractivity contribution in [1.82, 2.24) is 15.0 Å². The Labute approximate surface area is 137 Å². The number of hydrogen-bond donors (Lipinski definition) is 0. The van der Waals surface area contributed by atoms with Gasteiger partial charge in [-0.2, -0.15) is 0 Å². The third-order valence-electron chi connectivity index (χ3n) is 4.26. The highest BCUT2D eigenvalue weighted by molar-refractivity contribution is 7.18. The Morgan fingerprint density at radius 1 is 1.09 bits per heavy atom. The molecule has 0 radical (unpaired) electrons. The molecule has 0 saturated heterocycles. The van der Waals surface area contributed by atoms with Gasteiger partial charge in [-0.3, -0.25) is 4.79 Å². The molecule has 2 heterocycles. The van der Waals surface area contributed by atoms with Crippen molar-refractivity contribution in [3.05, 3.63) is 68.8 Å². The van der Waals surface area contributed by atoms with Gasteiger partial charge in [0, 0.05) is 4.88 Å². The summed E-state index contributed by atoms with van der Waals surface area (Å²) in [7, 11) is 0. The molecule has 0 fully saturated rings. The first-order valence-electron chi connectivity index (χ1n) is 7.45. The van der Waals surface area contributed by atoms with E-state index in [1.165, 1.54) is 16.0 Å². The van der Waals surface area contributed by atoms with E-state index in [1.54, 1.807) is 0 Å². The predicted octanol–water partition coefficient (Wildman–Crippen LogP) is 3.67. The van der Waals surface area contributed by atoms with Crippen LogP contribution in [0.15, 0.2) is 47.3 Å². The van der Waals surface area contributed by atoms with E-state index in [-0.39, 0.29) is 5.56 Å². The van der Waals surface area contributed by atoms with Gasteiger partial charge >= 0.3 is 0 Å². The van der Waals surface area contributed by atoms with E-state index >= 15 is 0 Å². The van der Waals surface area contributed by atoms with E-state index in [0.717, 1.165) is 31.6 Å². The molecule has 4 nitrogen and oxygen atoms in total. The molecular weight excluding hydrogens is 306 g/mol. The molecule has 0 aliphatic heterocycles. The molecule has 0 saturated carbocycles. The van der Waals surface area contributed by atoms with Crippen molar-refractivity contribution in [2.75, 3.05) is 0 Å². The summed E-state index contributed by atoms with van der Waals surface area (Å²) in [5.41, 5.74) is 2.02. The summed E-state index contributed by atoms with van der Waals surface area (Å²) < 4.78 is 1.46. The molecule has 0 spiro atoms. The molecule has 0 aliphatic carbocycles. The van der Waals surface area contributed by atoms with E-state index in [4.69, 9.17) is 0 Å². The number of rotatable bonds is 2. The molecule has 2 aromatic carbocycles. The van der Waals surface area contributed by atoms with Gasteiger partial charge in [0.2, 0.25) is 0 Å². The average molecular weight is 321 g/mol. The highest BCUT2D eigenvalue weighted by Crippen LogP contribution is 2.25. The third kappa shape index (κ3) is 2.24. The Hall–Kier alpha value is -2.53. The maximum Gasteiger partial charge on any atom is 0.279 e. The van der Waals surface area contributed by atoms with Crippen LogP contribution in [0.5, 0.6) is 0 Å². The smallest absolute Gasteiger partial charge is 0.267 e. The number of thiophene rings is 1. The lowest BCUT2D eigenvalue weighted by atomic mass is 10.0.